The van der Waals surface area contributed by atoms with Gasteiger partial charge in [-0.2, -0.15) is 5.10 Å². The van der Waals surface area contributed by atoms with E-state index in [9.17, 15) is 5.11 Å². The van der Waals surface area contributed by atoms with E-state index in [1.54, 1.807) is 0 Å². The van der Waals surface area contributed by atoms with Gasteiger partial charge in [-0.25, -0.2) is 0 Å². The third-order valence-corrected chi connectivity index (χ3v) is 2.75. The summed E-state index contributed by atoms with van der Waals surface area (Å²) in [5.41, 5.74) is 1.76. The van der Waals surface area contributed by atoms with Crippen molar-refractivity contribution in [3.05, 3.63) is 11.4 Å². The van der Waals surface area contributed by atoms with Gasteiger partial charge in [0.05, 0.1) is 11.2 Å². The van der Waals surface area contributed by atoms with Crippen LogP contribution in [-0.2, 0) is 18.4 Å². The molecule has 3 heteroatoms. The minimum Gasteiger partial charge on any atom is -0.504 e. The zero-order chi connectivity index (χ0) is 13.2. The van der Waals surface area contributed by atoms with Crippen molar-refractivity contribution in [3.8, 4) is 5.75 Å². The molecule has 1 aromatic heterocycles. The van der Waals surface area contributed by atoms with Crippen LogP contribution in [0.1, 0.15) is 59.4 Å². The van der Waals surface area contributed by atoms with E-state index in [2.05, 4.69) is 46.6 Å². The third kappa shape index (κ3) is 3.24. The number of hydrogen-bond acceptors (Lipinski definition) is 2. The van der Waals surface area contributed by atoms with Crippen molar-refractivity contribution in [1.29, 1.82) is 0 Å². The minimum atomic E-state index is -0.0722. The third-order valence-electron chi connectivity index (χ3n) is 2.75. The number of aromatic nitrogens is 2. The normalized spacial score (nSPS) is 12.4. The minimum absolute atomic E-state index is 0.0722. The van der Waals surface area contributed by atoms with Gasteiger partial charge < -0.3 is 5.11 Å². The Morgan fingerprint density at radius 3 is 2.29 bits per heavy atom. The molecule has 0 aliphatic heterocycles. The average Bonchev–Trinajstić information content (AvgIpc) is 2.45. The first-order valence-electron chi connectivity index (χ1n) is 6.57. The standard InChI is InChI=1S/C14H26N2O/c1-7-8-12-13(17)11(9-10(2)3)15-16(12)14(4,5)6/h10,17H,7-9H2,1-6H3. The number of nitrogens with zero attached hydrogens (tertiary/aromatic N) is 2. The quantitative estimate of drug-likeness (QED) is 0.872. The molecular weight excluding hydrogens is 212 g/mol. The van der Waals surface area contributed by atoms with E-state index in [-0.39, 0.29) is 5.54 Å². The van der Waals surface area contributed by atoms with Gasteiger partial charge in [0.15, 0.2) is 5.75 Å². The van der Waals surface area contributed by atoms with Crippen LogP contribution in [-0.4, -0.2) is 14.9 Å². The van der Waals surface area contributed by atoms with Gasteiger partial charge in [-0.3, -0.25) is 4.68 Å². The van der Waals surface area contributed by atoms with Crippen LogP contribution in [0, 0.1) is 5.92 Å². The van der Waals surface area contributed by atoms with Crippen LogP contribution in [0.15, 0.2) is 0 Å². The molecular formula is C14H26N2O. The SMILES string of the molecule is CCCc1c(O)c(CC(C)C)nn1C(C)(C)C. The number of hydrogen-bond donors (Lipinski definition) is 1. The molecule has 0 saturated heterocycles. The molecule has 0 spiro atoms. The van der Waals surface area contributed by atoms with Crippen molar-refractivity contribution in [2.45, 2.75) is 66.3 Å². The summed E-state index contributed by atoms with van der Waals surface area (Å²) >= 11 is 0. The Labute approximate surface area is 105 Å². The summed E-state index contributed by atoms with van der Waals surface area (Å²) < 4.78 is 1.99. The molecule has 0 unspecified atom stereocenters. The maximum Gasteiger partial charge on any atom is 0.160 e. The van der Waals surface area contributed by atoms with Crippen LogP contribution >= 0.6 is 0 Å². The Morgan fingerprint density at radius 2 is 1.88 bits per heavy atom. The van der Waals surface area contributed by atoms with Crippen molar-refractivity contribution in [1.82, 2.24) is 9.78 Å². The largest absolute Gasteiger partial charge is 0.504 e. The monoisotopic (exact) mass is 238 g/mol. The molecule has 0 atom stereocenters. The first kappa shape index (κ1) is 14.1. The van der Waals surface area contributed by atoms with Crippen molar-refractivity contribution in [2.24, 2.45) is 5.92 Å². The predicted molar refractivity (Wildman–Crippen MR) is 71.4 cm³/mol. The molecule has 0 fully saturated rings. The Kier molecular flexibility index (Phi) is 4.23. The molecule has 0 aliphatic rings. The molecule has 3 nitrogen and oxygen atoms in total. The lowest BCUT2D eigenvalue weighted by Crippen LogP contribution is -2.25. The summed E-state index contributed by atoms with van der Waals surface area (Å²) in [7, 11) is 0. The van der Waals surface area contributed by atoms with Crippen LogP contribution in [0.3, 0.4) is 0 Å². The van der Waals surface area contributed by atoms with Crippen molar-refractivity contribution >= 4 is 0 Å². The molecule has 98 valence electrons. The van der Waals surface area contributed by atoms with E-state index < -0.39 is 0 Å². The van der Waals surface area contributed by atoms with Crippen LogP contribution in [0.4, 0.5) is 0 Å². The van der Waals surface area contributed by atoms with Crippen LogP contribution in [0.2, 0.25) is 0 Å². The highest BCUT2D eigenvalue weighted by atomic mass is 16.3. The first-order chi connectivity index (χ1) is 7.77. The Hall–Kier alpha value is -0.990. The lowest BCUT2D eigenvalue weighted by atomic mass is 10.1. The second-order valence-corrected chi connectivity index (χ2v) is 6.17. The summed E-state index contributed by atoms with van der Waals surface area (Å²) in [6, 6.07) is 0. The molecule has 17 heavy (non-hydrogen) atoms. The van der Waals surface area contributed by atoms with E-state index in [1.165, 1.54) is 0 Å². The maximum absolute atomic E-state index is 10.3. The summed E-state index contributed by atoms with van der Waals surface area (Å²) in [6.45, 7) is 12.8. The first-order valence-corrected chi connectivity index (χ1v) is 6.57. The van der Waals surface area contributed by atoms with Crippen molar-refractivity contribution < 1.29 is 5.11 Å². The van der Waals surface area contributed by atoms with Gasteiger partial charge in [-0.05, 0) is 39.5 Å². The van der Waals surface area contributed by atoms with Gasteiger partial charge in [0.1, 0.15) is 5.69 Å². The highest BCUT2D eigenvalue weighted by Gasteiger charge is 2.24. The second kappa shape index (κ2) is 5.11. The fourth-order valence-electron chi connectivity index (χ4n) is 2.04. The number of aromatic hydroxyl groups is 1. The van der Waals surface area contributed by atoms with Gasteiger partial charge in [-0.15, -0.1) is 0 Å². The van der Waals surface area contributed by atoms with E-state index in [1.807, 2.05) is 4.68 Å². The summed E-state index contributed by atoms with van der Waals surface area (Å²) in [5.74, 6) is 0.925. The molecule has 0 saturated carbocycles. The van der Waals surface area contributed by atoms with Crippen LogP contribution < -0.4 is 0 Å². The molecule has 1 heterocycles. The molecule has 0 bridgehead atoms. The van der Waals surface area contributed by atoms with Gasteiger partial charge in [0.25, 0.3) is 0 Å². The Morgan fingerprint density at radius 1 is 1.29 bits per heavy atom. The molecule has 1 aromatic rings. The molecule has 0 aromatic carbocycles. The van der Waals surface area contributed by atoms with Crippen LogP contribution in [0.25, 0.3) is 0 Å². The smallest absolute Gasteiger partial charge is 0.160 e. The lowest BCUT2D eigenvalue weighted by molar-refractivity contribution is 0.337. The molecule has 0 aliphatic carbocycles. The zero-order valence-electron chi connectivity index (χ0n) is 12.0. The van der Waals surface area contributed by atoms with E-state index in [0.717, 1.165) is 30.7 Å². The Balaban J connectivity index is 3.20. The van der Waals surface area contributed by atoms with Crippen molar-refractivity contribution in [3.63, 3.8) is 0 Å². The molecule has 1 N–H and O–H groups in total. The maximum atomic E-state index is 10.3. The predicted octanol–water partition coefficient (Wildman–Crippen LogP) is 3.49. The van der Waals surface area contributed by atoms with Gasteiger partial charge in [0.2, 0.25) is 0 Å². The van der Waals surface area contributed by atoms with Gasteiger partial charge in [0, 0.05) is 0 Å². The van der Waals surface area contributed by atoms with E-state index in [4.69, 9.17) is 0 Å². The van der Waals surface area contributed by atoms with Crippen LogP contribution in [0.5, 0.6) is 5.75 Å². The summed E-state index contributed by atoms with van der Waals surface area (Å²) in [6.07, 6.45) is 2.75. The fraction of sp³-hybridized carbons (Fsp3) is 0.786. The topological polar surface area (TPSA) is 38.1 Å². The Bertz CT molecular complexity index is 372. The summed E-state index contributed by atoms with van der Waals surface area (Å²) in [5, 5.41) is 14.9. The highest BCUT2D eigenvalue weighted by molar-refractivity contribution is 5.33. The highest BCUT2D eigenvalue weighted by Crippen LogP contribution is 2.29. The zero-order valence-corrected chi connectivity index (χ0v) is 12.0. The fourth-order valence-corrected chi connectivity index (χ4v) is 2.04. The van der Waals surface area contributed by atoms with Crippen molar-refractivity contribution in [2.75, 3.05) is 0 Å². The molecule has 0 radical (unpaired) electrons. The van der Waals surface area contributed by atoms with Gasteiger partial charge >= 0.3 is 0 Å². The summed E-state index contributed by atoms with van der Waals surface area (Å²) in [4.78, 5) is 0. The van der Waals surface area contributed by atoms with Gasteiger partial charge in [-0.1, -0.05) is 27.2 Å². The molecule has 0 amide bonds. The van der Waals surface area contributed by atoms with E-state index in [0.29, 0.717) is 11.7 Å². The molecule has 1 rings (SSSR count). The average molecular weight is 238 g/mol. The van der Waals surface area contributed by atoms with E-state index >= 15 is 0 Å². The lowest BCUT2D eigenvalue weighted by Gasteiger charge is -2.22. The number of rotatable bonds is 4. The second-order valence-electron chi connectivity index (χ2n) is 6.17.